The van der Waals surface area contributed by atoms with Crippen LogP contribution in [0.5, 0.6) is 11.5 Å². The van der Waals surface area contributed by atoms with E-state index in [0.717, 1.165) is 49.5 Å². The number of nitrogens with zero attached hydrogens (tertiary/aromatic N) is 1. The summed E-state index contributed by atoms with van der Waals surface area (Å²) in [6, 6.07) is 5.91. The molecule has 18 heavy (non-hydrogen) atoms. The van der Waals surface area contributed by atoms with E-state index in [1.165, 1.54) is 0 Å². The van der Waals surface area contributed by atoms with Crippen LogP contribution in [-0.4, -0.2) is 43.4 Å². The number of methoxy groups -OCH3 is 2. The van der Waals surface area contributed by atoms with Crippen LogP contribution in [0.15, 0.2) is 18.2 Å². The normalized spacial score (nSPS) is 17.7. The molecule has 1 aliphatic rings. The topological polar surface area (TPSA) is 41.9 Å². The zero-order chi connectivity index (χ0) is 13.0. The molecule has 0 amide bonds. The molecule has 1 aromatic carbocycles. The Morgan fingerprint density at radius 1 is 1.22 bits per heavy atom. The highest BCUT2D eigenvalue weighted by Gasteiger charge is 2.18. The van der Waals surface area contributed by atoms with Gasteiger partial charge in [-0.25, -0.2) is 0 Å². The second kappa shape index (κ2) is 6.07. The van der Waals surface area contributed by atoms with Gasteiger partial charge < -0.3 is 14.6 Å². The van der Waals surface area contributed by atoms with Gasteiger partial charge in [-0.1, -0.05) is 6.07 Å². The third-order valence-corrected chi connectivity index (χ3v) is 3.45. The summed E-state index contributed by atoms with van der Waals surface area (Å²) in [5, 5.41) is 9.49. The molecule has 4 nitrogen and oxygen atoms in total. The lowest BCUT2D eigenvalue weighted by Gasteiger charge is -2.29. The molecule has 4 heteroatoms. The Hall–Kier alpha value is -1.26. The molecule has 1 N–H and O–H groups in total. The van der Waals surface area contributed by atoms with Gasteiger partial charge in [0.1, 0.15) is 11.5 Å². The molecule has 0 aliphatic carbocycles. The average Bonchev–Trinajstić information content (AvgIpc) is 2.41. The highest BCUT2D eigenvalue weighted by atomic mass is 16.5. The van der Waals surface area contributed by atoms with Crippen LogP contribution in [0.4, 0.5) is 0 Å². The van der Waals surface area contributed by atoms with Crippen molar-refractivity contribution in [3.8, 4) is 11.5 Å². The van der Waals surface area contributed by atoms with E-state index in [9.17, 15) is 5.11 Å². The van der Waals surface area contributed by atoms with E-state index in [1.54, 1.807) is 14.2 Å². The maximum atomic E-state index is 9.49. The first-order valence-corrected chi connectivity index (χ1v) is 6.34. The zero-order valence-electron chi connectivity index (χ0n) is 11.1. The third-order valence-electron chi connectivity index (χ3n) is 3.45. The van der Waals surface area contributed by atoms with Crippen molar-refractivity contribution in [3.05, 3.63) is 23.8 Å². The van der Waals surface area contributed by atoms with Crippen LogP contribution in [0.2, 0.25) is 0 Å². The predicted molar refractivity (Wildman–Crippen MR) is 70.1 cm³/mol. The minimum Gasteiger partial charge on any atom is -0.497 e. The first kappa shape index (κ1) is 13.2. The Morgan fingerprint density at radius 3 is 2.56 bits per heavy atom. The molecule has 0 atom stereocenters. The molecule has 0 unspecified atom stereocenters. The van der Waals surface area contributed by atoms with Gasteiger partial charge in [0.2, 0.25) is 0 Å². The van der Waals surface area contributed by atoms with Gasteiger partial charge in [-0.3, -0.25) is 4.90 Å². The van der Waals surface area contributed by atoms with Gasteiger partial charge in [0.25, 0.3) is 0 Å². The smallest absolute Gasteiger partial charge is 0.127 e. The number of aliphatic hydroxyl groups is 1. The van der Waals surface area contributed by atoms with E-state index < -0.39 is 0 Å². The molecule has 100 valence electrons. The van der Waals surface area contributed by atoms with Gasteiger partial charge in [-0.2, -0.15) is 0 Å². The summed E-state index contributed by atoms with van der Waals surface area (Å²) < 4.78 is 10.6. The monoisotopic (exact) mass is 251 g/mol. The molecule has 1 aromatic rings. The Bertz CT molecular complexity index is 387. The molecule has 0 radical (unpaired) electrons. The molecular formula is C14H21NO3. The van der Waals surface area contributed by atoms with Gasteiger partial charge in [-0.15, -0.1) is 0 Å². The van der Waals surface area contributed by atoms with Crippen LogP contribution >= 0.6 is 0 Å². The lowest BCUT2D eigenvalue weighted by Crippen LogP contribution is -2.35. The van der Waals surface area contributed by atoms with E-state index in [1.807, 2.05) is 18.2 Å². The first-order chi connectivity index (χ1) is 8.72. The zero-order valence-corrected chi connectivity index (χ0v) is 11.1. The van der Waals surface area contributed by atoms with Crippen molar-refractivity contribution in [2.75, 3.05) is 27.3 Å². The number of likely N-dealkylation sites (tertiary alicyclic amines) is 1. The quantitative estimate of drug-likeness (QED) is 0.883. The van der Waals surface area contributed by atoms with Crippen molar-refractivity contribution in [1.29, 1.82) is 0 Å². The number of hydrogen-bond acceptors (Lipinski definition) is 4. The largest absolute Gasteiger partial charge is 0.497 e. The highest BCUT2D eigenvalue weighted by molar-refractivity contribution is 5.40. The number of piperidine rings is 1. The summed E-state index contributed by atoms with van der Waals surface area (Å²) >= 11 is 0. The number of hydrogen-bond donors (Lipinski definition) is 1. The second-order valence-electron chi connectivity index (χ2n) is 4.69. The SMILES string of the molecule is COc1ccc(CN2CCC(O)CC2)c(OC)c1. The Kier molecular flexibility index (Phi) is 4.44. The summed E-state index contributed by atoms with van der Waals surface area (Å²) in [4.78, 5) is 2.34. The number of benzene rings is 1. The van der Waals surface area contributed by atoms with E-state index in [4.69, 9.17) is 9.47 Å². The maximum Gasteiger partial charge on any atom is 0.127 e. The lowest BCUT2D eigenvalue weighted by molar-refractivity contribution is 0.0789. The van der Waals surface area contributed by atoms with Crippen molar-refractivity contribution in [3.63, 3.8) is 0 Å². The number of aliphatic hydroxyl groups excluding tert-OH is 1. The lowest BCUT2D eigenvalue weighted by atomic mass is 10.1. The van der Waals surface area contributed by atoms with E-state index >= 15 is 0 Å². The minimum absolute atomic E-state index is 0.126. The number of rotatable bonds is 4. The van der Waals surface area contributed by atoms with E-state index in [2.05, 4.69) is 4.90 Å². The molecular weight excluding hydrogens is 230 g/mol. The van der Waals surface area contributed by atoms with Crippen LogP contribution < -0.4 is 9.47 Å². The van der Waals surface area contributed by atoms with Crippen LogP contribution in [0.3, 0.4) is 0 Å². The molecule has 1 heterocycles. The van der Waals surface area contributed by atoms with Crippen LogP contribution in [0.25, 0.3) is 0 Å². The van der Waals surface area contributed by atoms with Crippen LogP contribution in [-0.2, 0) is 6.54 Å². The van der Waals surface area contributed by atoms with Crippen molar-refractivity contribution in [2.24, 2.45) is 0 Å². The van der Waals surface area contributed by atoms with Gasteiger partial charge >= 0.3 is 0 Å². The summed E-state index contributed by atoms with van der Waals surface area (Å²) in [5.74, 6) is 1.67. The molecule has 1 aliphatic heterocycles. The fraction of sp³-hybridized carbons (Fsp3) is 0.571. The molecule has 0 bridgehead atoms. The van der Waals surface area contributed by atoms with Crippen molar-refractivity contribution >= 4 is 0 Å². The summed E-state index contributed by atoms with van der Waals surface area (Å²) in [6.45, 7) is 2.74. The van der Waals surface area contributed by atoms with Gasteiger partial charge in [0.05, 0.1) is 20.3 Å². The van der Waals surface area contributed by atoms with Gasteiger partial charge in [-0.05, 0) is 18.9 Å². The molecule has 1 fully saturated rings. The summed E-state index contributed by atoms with van der Waals surface area (Å²) in [6.07, 6.45) is 1.59. The van der Waals surface area contributed by atoms with Crippen molar-refractivity contribution < 1.29 is 14.6 Å². The van der Waals surface area contributed by atoms with Crippen molar-refractivity contribution in [1.82, 2.24) is 4.90 Å². The fourth-order valence-electron chi connectivity index (χ4n) is 2.30. The summed E-state index contributed by atoms with van der Waals surface area (Å²) in [5.41, 5.74) is 1.16. The molecule has 0 spiro atoms. The van der Waals surface area contributed by atoms with Crippen LogP contribution in [0, 0.1) is 0 Å². The predicted octanol–water partition coefficient (Wildman–Crippen LogP) is 1.66. The Balaban J connectivity index is 2.04. The average molecular weight is 251 g/mol. The standard InChI is InChI=1S/C14H21NO3/c1-17-13-4-3-11(14(9-13)18-2)10-15-7-5-12(16)6-8-15/h3-4,9,12,16H,5-8,10H2,1-2H3. The van der Waals surface area contributed by atoms with Crippen LogP contribution in [0.1, 0.15) is 18.4 Å². The Labute approximate surface area is 108 Å². The van der Waals surface area contributed by atoms with Gasteiger partial charge in [0.15, 0.2) is 0 Å². The minimum atomic E-state index is -0.126. The Morgan fingerprint density at radius 2 is 1.94 bits per heavy atom. The number of ether oxygens (including phenoxy) is 2. The van der Waals surface area contributed by atoms with E-state index in [0.29, 0.717) is 0 Å². The fourth-order valence-corrected chi connectivity index (χ4v) is 2.30. The molecule has 0 saturated carbocycles. The molecule has 1 saturated heterocycles. The van der Waals surface area contributed by atoms with E-state index in [-0.39, 0.29) is 6.10 Å². The summed E-state index contributed by atoms with van der Waals surface area (Å²) in [7, 11) is 3.33. The molecule has 2 rings (SSSR count). The van der Waals surface area contributed by atoms with Gasteiger partial charge in [0, 0.05) is 31.3 Å². The molecule has 0 aromatic heterocycles. The first-order valence-electron chi connectivity index (χ1n) is 6.34. The maximum absolute atomic E-state index is 9.49. The highest BCUT2D eigenvalue weighted by Crippen LogP contribution is 2.26. The third kappa shape index (κ3) is 3.15. The second-order valence-corrected chi connectivity index (χ2v) is 4.69. The van der Waals surface area contributed by atoms with Crippen molar-refractivity contribution in [2.45, 2.75) is 25.5 Å².